The van der Waals surface area contributed by atoms with Crippen LogP contribution in [-0.2, 0) is 0 Å². The summed E-state index contributed by atoms with van der Waals surface area (Å²) < 4.78 is 9.06. The Morgan fingerprint density at radius 3 is 2.73 bits per heavy atom. The smallest absolute Gasteiger partial charge is 0.124 e. The van der Waals surface area contributed by atoms with Crippen LogP contribution in [0.25, 0.3) is 11.0 Å². The lowest BCUT2D eigenvalue weighted by Crippen LogP contribution is -1.72. The molecule has 0 N–H and O–H groups in total. The van der Waals surface area contributed by atoms with Crippen molar-refractivity contribution in [3.8, 4) is 0 Å². The summed E-state index contributed by atoms with van der Waals surface area (Å²) in [6, 6.07) is 3.67. The van der Waals surface area contributed by atoms with E-state index in [0.717, 1.165) is 15.5 Å². The van der Waals surface area contributed by atoms with E-state index in [0.29, 0.717) is 5.02 Å². The second-order valence-corrected chi connectivity index (χ2v) is 3.78. The highest BCUT2D eigenvalue weighted by molar-refractivity contribution is 9.10. The van der Waals surface area contributed by atoms with Gasteiger partial charge in [0.15, 0.2) is 0 Å². The van der Waals surface area contributed by atoms with Crippen LogP contribution in [0.4, 0.5) is 0 Å². The van der Waals surface area contributed by atoms with E-state index in [9.17, 15) is 0 Å². The molecule has 56 valence electrons. The first kappa shape index (κ1) is 7.46. The number of nitrogens with zero attached hydrogens (tertiary/aromatic N) is 2. The van der Waals surface area contributed by atoms with Gasteiger partial charge in [0.25, 0.3) is 0 Å². The van der Waals surface area contributed by atoms with Crippen molar-refractivity contribution in [1.29, 1.82) is 0 Å². The van der Waals surface area contributed by atoms with Crippen LogP contribution >= 0.6 is 39.3 Å². The van der Waals surface area contributed by atoms with Crippen molar-refractivity contribution in [3.63, 3.8) is 0 Å². The largest absolute Gasteiger partial charge is 0.172 e. The molecule has 0 bridgehead atoms. The molecule has 0 fully saturated rings. The molecule has 0 amide bonds. The normalized spacial score (nSPS) is 10.7. The number of halogens is 2. The van der Waals surface area contributed by atoms with Crippen molar-refractivity contribution in [3.05, 3.63) is 21.6 Å². The zero-order valence-corrected chi connectivity index (χ0v) is 8.37. The van der Waals surface area contributed by atoms with Crippen LogP contribution in [0.3, 0.4) is 0 Å². The summed E-state index contributed by atoms with van der Waals surface area (Å²) in [5.74, 6) is 0. The molecule has 0 radical (unpaired) electrons. The van der Waals surface area contributed by atoms with Crippen molar-refractivity contribution in [2.75, 3.05) is 0 Å². The molecule has 0 aliphatic rings. The Balaban J connectivity index is 2.96. The van der Waals surface area contributed by atoms with Crippen molar-refractivity contribution in [2.45, 2.75) is 0 Å². The summed E-state index contributed by atoms with van der Waals surface area (Å²) in [6.45, 7) is 0. The molecule has 0 unspecified atom stereocenters. The molecule has 2 rings (SSSR count). The van der Waals surface area contributed by atoms with Crippen LogP contribution in [0, 0.1) is 0 Å². The van der Waals surface area contributed by atoms with Gasteiger partial charge in [-0.15, -0.1) is 0 Å². The predicted molar refractivity (Wildman–Crippen MR) is 50.1 cm³/mol. The van der Waals surface area contributed by atoms with E-state index in [4.69, 9.17) is 11.6 Å². The number of hydrogen-bond donors (Lipinski definition) is 0. The van der Waals surface area contributed by atoms with E-state index >= 15 is 0 Å². The van der Waals surface area contributed by atoms with Gasteiger partial charge in [0.05, 0.1) is 16.8 Å². The minimum absolute atomic E-state index is 0.650. The summed E-state index contributed by atoms with van der Waals surface area (Å²) in [6.07, 6.45) is 0. The van der Waals surface area contributed by atoms with Gasteiger partial charge < -0.3 is 0 Å². The van der Waals surface area contributed by atoms with E-state index in [1.807, 2.05) is 6.07 Å². The topological polar surface area (TPSA) is 25.8 Å². The summed E-state index contributed by atoms with van der Waals surface area (Å²) in [5.41, 5.74) is 1.61. The molecule has 0 aliphatic heterocycles. The van der Waals surface area contributed by atoms with Crippen LogP contribution in [0.2, 0.25) is 5.02 Å². The summed E-state index contributed by atoms with van der Waals surface area (Å²) in [4.78, 5) is 0. The summed E-state index contributed by atoms with van der Waals surface area (Å²) in [5, 5.41) is 0.650. The molecule has 1 heterocycles. The molecule has 1 aromatic heterocycles. The van der Waals surface area contributed by atoms with Gasteiger partial charge in [-0.1, -0.05) is 11.6 Å². The van der Waals surface area contributed by atoms with Crippen LogP contribution in [-0.4, -0.2) is 8.75 Å². The molecule has 1 aromatic carbocycles. The number of hydrogen-bond acceptors (Lipinski definition) is 3. The first-order valence-corrected chi connectivity index (χ1v) is 4.75. The maximum Gasteiger partial charge on any atom is 0.124 e. The van der Waals surface area contributed by atoms with Gasteiger partial charge >= 0.3 is 0 Å². The van der Waals surface area contributed by atoms with Gasteiger partial charge in [0.1, 0.15) is 11.0 Å². The SMILES string of the molecule is Clc1ccc(Br)c2nsnc12. The Hall–Kier alpha value is -0.190. The highest BCUT2D eigenvalue weighted by Gasteiger charge is 2.05. The van der Waals surface area contributed by atoms with Gasteiger partial charge in [0.2, 0.25) is 0 Å². The number of benzene rings is 1. The predicted octanol–water partition coefficient (Wildman–Crippen LogP) is 3.11. The molecular formula is C6H2BrClN2S. The van der Waals surface area contributed by atoms with Crippen molar-refractivity contribution < 1.29 is 0 Å². The third-order valence-corrected chi connectivity index (χ3v) is 2.79. The molecule has 0 saturated heterocycles. The lowest BCUT2D eigenvalue weighted by Gasteiger charge is -1.91. The van der Waals surface area contributed by atoms with Crippen molar-refractivity contribution >= 4 is 50.3 Å². The van der Waals surface area contributed by atoms with E-state index in [-0.39, 0.29) is 0 Å². The number of rotatable bonds is 0. The molecule has 0 aliphatic carbocycles. The fourth-order valence-corrected chi connectivity index (χ4v) is 2.15. The number of aromatic nitrogens is 2. The maximum absolute atomic E-state index is 5.85. The molecule has 0 spiro atoms. The lowest BCUT2D eigenvalue weighted by atomic mass is 10.3. The van der Waals surface area contributed by atoms with Crippen LogP contribution in [0.1, 0.15) is 0 Å². The van der Waals surface area contributed by atoms with Crippen LogP contribution < -0.4 is 0 Å². The summed E-state index contributed by atoms with van der Waals surface area (Å²) in [7, 11) is 0. The third kappa shape index (κ3) is 1.15. The Kier molecular flexibility index (Phi) is 1.83. The first-order valence-electron chi connectivity index (χ1n) is 2.85. The molecular weight excluding hydrogens is 248 g/mol. The Labute approximate surface area is 80.6 Å². The third-order valence-electron chi connectivity index (χ3n) is 1.32. The summed E-state index contributed by atoms with van der Waals surface area (Å²) >= 11 is 10.4. The maximum atomic E-state index is 5.85. The second kappa shape index (κ2) is 2.69. The number of fused-ring (bicyclic) bond motifs is 1. The minimum Gasteiger partial charge on any atom is -0.172 e. The van der Waals surface area contributed by atoms with Gasteiger partial charge in [-0.25, -0.2) is 0 Å². The Bertz CT molecular complexity index is 364. The average Bonchev–Trinajstić information content (AvgIpc) is 2.45. The molecule has 11 heavy (non-hydrogen) atoms. The highest BCUT2D eigenvalue weighted by Crippen LogP contribution is 2.27. The van der Waals surface area contributed by atoms with Gasteiger partial charge in [-0.3, -0.25) is 0 Å². The fraction of sp³-hybridized carbons (Fsp3) is 0. The first-order chi connectivity index (χ1) is 5.29. The minimum atomic E-state index is 0.650. The lowest BCUT2D eigenvalue weighted by molar-refractivity contribution is 1.61. The fourth-order valence-electron chi connectivity index (χ4n) is 0.806. The van der Waals surface area contributed by atoms with E-state index in [1.54, 1.807) is 6.07 Å². The van der Waals surface area contributed by atoms with E-state index in [2.05, 4.69) is 24.7 Å². The van der Waals surface area contributed by atoms with Crippen molar-refractivity contribution in [2.24, 2.45) is 0 Å². The van der Waals surface area contributed by atoms with Gasteiger partial charge in [-0.2, -0.15) is 8.75 Å². The standard InChI is InChI=1S/C6H2BrClN2S/c7-3-1-2-4(8)6-5(3)9-11-10-6/h1-2H. The van der Waals surface area contributed by atoms with Crippen molar-refractivity contribution in [1.82, 2.24) is 8.75 Å². The van der Waals surface area contributed by atoms with E-state index < -0.39 is 0 Å². The average molecular weight is 250 g/mol. The molecule has 2 aromatic rings. The Morgan fingerprint density at radius 1 is 1.27 bits per heavy atom. The molecule has 0 saturated carbocycles. The monoisotopic (exact) mass is 248 g/mol. The zero-order chi connectivity index (χ0) is 7.84. The molecule has 5 heteroatoms. The van der Waals surface area contributed by atoms with Crippen LogP contribution in [0.5, 0.6) is 0 Å². The zero-order valence-electron chi connectivity index (χ0n) is 5.21. The van der Waals surface area contributed by atoms with E-state index in [1.165, 1.54) is 11.7 Å². The van der Waals surface area contributed by atoms with Gasteiger partial charge in [0, 0.05) is 4.47 Å². The highest BCUT2D eigenvalue weighted by atomic mass is 79.9. The molecule has 0 atom stereocenters. The quantitative estimate of drug-likeness (QED) is 0.717. The molecule has 2 nitrogen and oxygen atoms in total. The van der Waals surface area contributed by atoms with Crippen LogP contribution in [0.15, 0.2) is 16.6 Å². The Morgan fingerprint density at radius 2 is 2.00 bits per heavy atom. The second-order valence-electron chi connectivity index (χ2n) is 1.99. The van der Waals surface area contributed by atoms with Gasteiger partial charge in [-0.05, 0) is 28.1 Å².